The molecule has 1 heterocycles. The van der Waals surface area contributed by atoms with Crippen molar-refractivity contribution in [2.45, 2.75) is 0 Å². The van der Waals surface area contributed by atoms with Crippen LogP contribution in [0.1, 0.15) is 10.4 Å². The molecule has 0 saturated carbocycles. The second-order valence-electron chi connectivity index (χ2n) is 3.86. The van der Waals surface area contributed by atoms with E-state index >= 15 is 0 Å². The Morgan fingerprint density at radius 1 is 1.21 bits per heavy atom. The molecule has 0 amide bonds. The summed E-state index contributed by atoms with van der Waals surface area (Å²) in [4.78, 5) is 25.7. The van der Waals surface area contributed by atoms with Crippen molar-refractivity contribution in [3.63, 3.8) is 0 Å². The number of carbonyl (C=O) groups is 2. The third-order valence-corrected chi connectivity index (χ3v) is 2.90. The topological polar surface area (TPSA) is 99.1 Å². The summed E-state index contributed by atoms with van der Waals surface area (Å²) in [5.41, 5.74) is 13.5. The van der Waals surface area contributed by atoms with E-state index in [0.29, 0.717) is 16.9 Å². The van der Waals surface area contributed by atoms with Gasteiger partial charge in [0.2, 0.25) is 5.78 Å². The van der Waals surface area contributed by atoms with Crippen LogP contribution in [0.25, 0.3) is 11.3 Å². The molecule has 0 spiro atoms. The number of hydrogen-bond donors (Lipinski definition) is 2. The number of benzene rings is 1. The molecule has 19 heavy (non-hydrogen) atoms. The Morgan fingerprint density at radius 2 is 1.84 bits per heavy atom. The highest BCUT2D eigenvalue weighted by molar-refractivity contribution is 6.33. The standard InChI is InChI=1S/C13H10ClN3O2/c14-13-12(16)9(15)5-10(17-13)7-1-3-8(4-2-7)11(19)6-18/h1-6H,16H2,(H2,15,17). The molecule has 4 N–H and O–H groups in total. The summed E-state index contributed by atoms with van der Waals surface area (Å²) in [6.07, 6.45) is 0.269. The van der Waals surface area contributed by atoms with Gasteiger partial charge in [-0.1, -0.05) is 35.9 Å². The Kier molecular flexibility index (Phi) is 3.48. The first-order valence-electron chi connectivity index (χ1n) is 5.34. The number of halogens is 1. The molecule has 2 rings (SSSR count). The SMILES string of the molecule is Nc1cc(-c2ccc(C(=O)C=O)cc2)nc(Cl)c1N. The molecule has 1 aromatic carbocycles. The van der Waals surface area contributed by atoms with Gasteiger partial charge in [0.1, 0.15) is 0 Å². The quantitative estimate of drug-likeness (QED) is 0.386. The van der Waals surface area contributed by atoms with Crippen LogP contribution in [0.5, 0.6) is 0 Å². The average Bonchev–Trinajstić information content (AvgIpc) is 2.43. The van der Waals surface area contributed by atoms with Crippen LogP contribution in [-0.4, -0.2) is 17.1 Å². The lowest BCUT2D eigenvalue weighted by Gasteiger charge is -2.07. The van der Waals surface area contributed by atoms with Crippen molar-refractivity contribution in [3.05, 3.63) is 41.0 Å². The zero-order valence-corrected chi connectivity index (χ0v) is 10.5. The van der Waals surface area contributed by atoms with Gasteiger partial charge in [-0.15, -0.1) is 0 Å². The van der Waals surface area contributed by atoms with E-state index in [9.17, 15) is 9.59 Å². The largest absolute Gasteiger partial charge is 0.397 e. The summed E-state index contributed by atoms with van der Waals surface area (Å²) in [6.45, 7) is 0. The van der Waals surface area contributed by atoms with Gasteiger partial charge in [0.15, 0.2) is 11.4 Å². The summed E-state index contributed by atoms with van der Waals surface area (Å²) >= 11 is 5.86. The molecule has 0 aliphatic carbocycles. The van der Waals surface area contributed by atoms with Crippen molar-refractivity contribution in [2.75, 3.05) is 11.5 Å². The van der Waals surface area contributed by atoms with E-state index in [1.165, 1.54) is 12.1 Å². The lowest BCUT2D eigenvalue weighted by atomic mass is 10.1. The monoisotopic (exact) mass is 275 g/mol. The van der Waals surface area contributed by atoms with E-state index in [4.69, 9.17) is 23.1 Å². The summed E-state index contributed by atoms with van der Waals surface area (Å²) < 4.78 is 0. The smallest absolute Gasteiger partial charge is 0.225 e. The number of Topliss-reactive ketones (excluding diaryl/α,β-unsaturated/α-hetero) is 1. The van der Waals surface area contributed by atoms with Crippen LogP contribution in [0.3, 0.4) is 0 Å². The predicted octanol–water partition coefficient (Wildman–Crippen LogP) is 1.95. The van der Waals surface area contributed by atoms with Gasteiger partial charge in [-0.3, -0.25) is 9.59 Å². The summed E-state index contributed by atoms with van der Waals surface area (Å²) in [6, 6.07) is 7.98. The maximum Gasteiger partial charge on any atom is 0.225 e. The zero-order valence-electron chi connectivity index (χ0n) is 9.76. The van der Waals surface area contributed by atoms with Crippen molar-refractivity contribution < 1.29 is 9.59 Å². The molecule has 0 saturated heterocycles. The van der Waals surface area contributed by atoms with Crippen LogP contribution in [0.4, 0.5) is 11.4 Å². The molecule has 1 aromatic heterocycles. The van der Waals surface area contributed by atoms with E-state index in [-0.39, 0.29) is 17.1 Å². The fourth-order valence-corrected chi connectivity index (χ4v) is 1.76. The van der Waals surface area contributed by atoms with E-state index in [0.717, 1.165) is 5.56 Å². The van der Waals surface area contributed by atoms with Gasteiger partial charge in [0.25, 0.3) is 0 Å². The van der Waals surface area contributed by atoms with Crippen LogP contribution in [0.15, 0.2) is 30.3 Å². The second-order valence-corrected chi connectivity index (χ2v) is 4.22. The van der Waals surface area contributed by atoms with Gasteiger partial charge in [-0.25, -0.2) is 4.98 Å². The van der Waals surface area contributed by atoms with Crippen LogP contribution in [-0.2, 0) is 4.79 Å². The maximum atomic E-state index is 11.2. The molecule has 2 aromatic rings. The van der Waals surface area contributed by atoms with Crippen molar-refractivity contribution >= 4 is 35.0 Å². The Bertz CT molecular complexity index is 630. The first-order chi connectivity index (χ1) is 9.02. The summed E-state index contributed by atoms with van der Waals surface area (Å²) in [5, 5.41) is 0.128. The van der Waals surface area contributed by atoms with Crippen LogP contribution in [0.2, 0.25) is 5.15 Å². The van der Waals surface area contributed by atoms with Gasteiger partial charge in [-0.05, 0) is 6.07 Å². The molecule has 5 nitrogen and oxygen atoms in total. The Balaban J connectivity index is 2.43. The third-order valence-electron chi connectivity index (χ3n) is 2.62. The number of pyridine rings is 1. The van der Waals surface area contributed by atoms with Gasteiger partial charge >= 0.3 is 0 Å². The molecule has 0 unspecified atom stereocenters. The molecule has 6 heteroatoms. The van der Waals surface area contributed by atoms with E-state index in [1.54, 1.807) is 18.2 Å². The van der Waals surface area contributed by atoms with Gasteiger partial charge in [0.05, 0.1) is 17.1 Å². The Labute approximate surface area is 114 Å². The number of nitrogens with zero attached hydrogens (tertiary/aromatic N) is 1. The lowest BCUT2D eigenvalue weighted by molar-refractivity contribution is -0.104. The second kappa shape index (κ2) is 5.07. The molecule has 0 aliphatic rings. The number of anilines is 2. The number of hydrogen-bond acceptors (Lipinski definition) is 5. The molecule has 0 radical (unpaired) electrons. The minimum absolute atomic E-state index is 0.128. The number of carbonyl (C=O) groups excluding carboxylic acids is 2. The van der Waals surface area contributed by atoms with E-state index in [2.05, 4.69) is 4.98 Å². The van der Waals surface area contributed by atoms with Crippen molar-refractivity contribution in [2.24, 2.45) is 0 Å². The number of nitrogens with two attached hydrogens (primary N) is 2. The van der Waals surface area contributed by atoms with Crippen molar-refractivity contribution in [1.82, 2.24) is 4.98 Å². The lowest BCUT2D eigenvalue weighted by Crippen LogP contribution is -2.00. The molecule has 96 valence electrons. The van der Waals surface area contributed by atoms with Crippen molar-refractivity contribution in [3.8, 4) is 11.3 Å². The Morgan fingerprint density at radius 3 is 2.37 bits per heavy atom. The average molecular weight is 276 g/mol. The highest BCUT2D eigenvalue weighted by atomic mass is 35.5. The van der Waals surface area contributed by atoms with E-state index < -0.39 is 5.78 Å². The molecular weight excluding hydrogens is 266 g/mol. The highest BCUT2D eigenvalue weighted by Gasteiger charge is 2.09. The fourth-order valence-electron chi connectivity index (χ4n) is 1.56. The minimum Gasteiger partial charge on any atom is -0.397 e. The third kappa shape index (κ3) is 2.56. The molecule has 0 fully saturated rings. The highest BCUT2D eigenvalue weighted by Crippen LogP contribution is 2.28. The van der Waals surface area contributed by atoms with E-state index in [1.807, 2.05) is 0 Å². The number of nitrogen functional groups attached to an aromatic ring is 2. The number of ketones is 1. The predicted molar refractivity (Wildman–Crippen MR) is 73.9 cm³/mol. The molecule has 0 bridgehead atoms. The van der Waals surface area contributed by atoms with Gasteiger partial charge in [-0.2, -0.15) is 0 Å². The molecule has 0 aliphatic heterocycles. The zero-order chi connectivity index (χ0) is 14.0. The summed E-state index contributed by atoms with van der Waals surface area (Å²) in [7, 11) is 0. The van der Waals surface area contributed by atoms with Gasteiger partial charge in [0, 0.05) is 11.1 Å². The van der Waals surface area contributed by atoms with Crippen LogP contribution < -0.4 is 11.5 Å². The number of rotatable bonds is 3. The van der Waals surface area contributed by atoms with Crippen molar-refractivity contribution in [1.29, 1.82) is 0 Å². The summed E-state index contributed by atoms with van der Waals surface area (Å²) in [5.74, 6) is -0.575. The number of aromatic nitrogens is 1. The normalized spacial score (nSPS) is 10.2. The number of aldehydes is 1. The molecular formula is C13H10ClN3O2. The first-order valence-corrected chi connectivity index (χ1v) is 5.72. The maximum absolute atomic E-state index is 11.2. The van der Waals surface area contributed by atoms with Gasteiger partial charge < -0.3 is 11.5 Å². The Hall–Kier alpha value is -2.40. The van der Waals surface area contributed by atoms with Crippen LogP contribution >= 0.6 is 11.6 Å². The minimum atomic E-state index is -0.575. The van der Waals surface area contributed by atoms with Crippen LogP contribution in [0, 0.1) is 0 Å². The molecule has 0 atom stereocenters. The first kappa shape index (κ1) is 13.0. The fraction of sp³-hybridized carbons (Fsp3) is 0.